The Labute approximate surface area is 168 Å². The summed E-state index contributed by atoms with van der Waals surface area (Å²) in [6.07, 6.45) is 6.54. The van der Waals surface area contributed by atoms with Gasteiger partial charge in [0.15, 0.2) is 0 Å². The molecule has 3 atom stereocenters. The Kier molecular flexibility index (Phi) is 7.07. The van der Waals surface area contributed by atoms with Crippen LogP contribution in [0.15, 0.2) is 10.6 Å². The molecule has 1 amide bonds. The Bertz CT molecular complexity index is 493. The highest BCUT2D eigenvalue weighted by atomic mass is 35.6. The number of carbonyl (C=O) groups excluding carboxylic acids is 1. The van der Waals surface area contributed by atoms with Crippen molar-refractivity contribution in [2.45, 2.75) is 62.0 Å². The van der Waals surface area contributed by atoms with Gasteiger partial charge in [0, 0.05) is 6.04 Å². The first-order valence-electron chi connectivity index (χ1n) is 8.19. The van der Waals surface area contributed by atoms with Gasteiger partial charge in [-0.15, -0.1) is 0 Å². The lowest BCUT2D eigenvalue weighted by Gasteiger charge is -2.33. The molecule has 0 spiro atoms. The van der Waals surface area contributed by atoms with Gasteiger partial charge >= 0.3 is 0 Å². The number of alkyl halides is 3. The van der Waals surface area contributed by atoms with E-state index in [0.29, 0.717) is 0 Å². The number of amides is 1. The highest BCUT2D eigenvalue weighted by molar-refractivity contribution is 6.68. The molecular formula is C16H23Cl5N2O. The summed E-state index contributed by atoms with van der Waals surface area (Å²) in [5.74, 6) is -0.420. The Morgan fingerprint density at radius 1 is 1.17 bits per heavy atom. The number of halogens is 5. The molecule has 2 saturated carbocycles. The number of nitrogens with one attached hydrogen (secondary N) is 2. The first-order chi connectivity index (χ1) is 11.0. The average Bonchev–Trinajstić information content (AvgIpc) is 2.98. The van der Waals surface area contributed by atoms with Gasteiger partial charge in [0.05, 0.1) is 5.92 Å². The third kappa shape index (κ3) is 5.31. The average molecular weight is 437 g/mol. The van der Waals surface area contributed by atoms with Gasteiger partial charge in [0.1, 0.15) is 10.7 Å². The van der Waals surface area contributed by atoms with E-state index in [4.69, 9.17) is 58.0 Å². The van der Waals surface area contributed by atoms with Crippen LogP contribution in [0.1, 0.15) is 46.0 Å². The monoisotopic (exact) mass is 434 g/mol. The van der Waals surface area contributed by atoms with Gasteiger partial charge in [-0.3, -0.25) is 10.1 Å². The van der Waals surface area contributed by atoms with E-state index in [0.717, 1.165) is 25.7 Å². The van der Waals surface area contributed by atoms with E-state index >= 15 is 0 Å². The zero-order chi connectivity index (χ0) is 18.1. The van der Waals surface area contributed by atoms with Gasteiger partial charge in [-0.1, -0.05) is 91.1 Å². The van der Waals surface area contributed by atoms with Crippen molar-refractivity contribution in [2.75, 3.05) is 0 Å². The molecular weight excluding hydrogens is 413 g/mol. The summed E-state index contributed by atoms with van der Waals surface area (Å²) >= 11 is 29.7. The molecule has 0 unspecified atom stereocenters. The zero-order valence-electron chi connectivity index (χ0n) is 13.7. The molecule has 0 radical (unpaired) electrons. The van der Waals surface area contributed by atoms with Crippen LogP contribution in [0.5, 0.6) is 0 Å². The smallest absolute Gasteiger partial charge is 0.225 e. The fraction of sp³-hybridized carbons (Fsp3) is 0.812. The normalized spacial score (nSPS) is 28.1. The van der Waals surface area contributed by atoms with Crippen molar-refractivity contribution >= 4 is 63.9 Å². The molecule has 2 N–H and O–H groups in total. The molecule has 8 heteroatoms. The molecule has 0 aromatic heterocycles. The topological polar surface area (TPSA) is 41.1 Å². The Balaban J connectivity index is 2.01. The van der Waals surface area contributed by atoms with E-state index in [-0.39, 0.29) is 33.7 Å². The van der Waals surface area contributed by atoms with Crippen LogP contribution in [-0.4, -0.2) is 21.9 Å². The van der Waals surface area contributed by atoms with Gasteiger partial charge in [-0.05, 0) is 30.3 Å². The Hall–Kier alpha value is 0.620. The quantitative estimate of drug-likeness (QED) is 0.453. The summed E-state index contributed by atoms with van der Waals surface area (Å²) in [4.78, 5) is 12.7. The minimum Gasteiger partial charge on any atom is -0.336 e. The van der Waals surface area contributed by atoms with Crippen LogP contribution in [0.25, 0.3) is 0 Å². The first kappa shape index (κ1) is 20.9. The molecule has 2 fully saturated rings. The second-order valence-electron chi connectivity index (χ2n) is 7.27. The molecule has 0 aromatic rings. The first-order valence-corrected chi connectivity index (χ1v) is 10.1. The van der Waals surface area contributed by atoms with Gasteiger partial charge in [-0.2, -0.15) is 0 Å². The van der Waals surface area contributed by atoms with Crippen LogP contribution in [0.4, 0.5) is 0 Å². The van der Waals surface area contributed by atoms with Crippen molar-refractivity contribution in [1.82, 2.24) is 10.6 Å². The molecule has 0 heterocycles. The summed E-state index contributed by atoms with van der Waals surface area (Å²) in [7, 11) is 0. The van der Waals surface area contributed by atoms with E-state index < -0.39 is 9.96 Å². The zero-order valence-corrected chi connectivity index (χ0v) is 17.5. The number of rotatable bonds is 5. The largest absolute Gasteiger partial charge is 0.336 e. The molecule has 24 heavy (non-hydrogen) atoms. The van der Waals surface area contributed by atoms with Gasteiger partial charge in [0.25, 0.3) is 0 Å². The van der Waals surface area contributed by atoms with Crippen LogP contribution in [0.3, 0.4) is 0 Å². The Morgan fingerprint density at radius 3 is 2.25 bits per heavy atom. The van der Waals surface area contributed by atoms with E-state index in [1.807, 2.05) is 13.8 Å². The molecule has 0 saturated heterocycles. The molecule has 0 bridgehead atoms. The lowest BCUT2D eigenvalue weighted by atomic mass is 9.95. The minimum absolute atomic E-state index is 0.0202. The maximum Gasteiger partial charge on any atom is 0.225 e. The second kappa shape index (κ2) is 8.10. The van der Waals surface area contributed by atoms with Crippen LogP contribution in [0, 0.1) is 17.3 Å². The SMILES string of the molecule is CC1(C)[C@@H](C=C(Cl)Cl)[C@@H]1C(=O)N[C@H](NC1CCCCC1)C(Cl)(Cl)Cl. The van der Waals surface area contributed by atoms with Crippen molar-refractivity contribution in [1.29, 1.82) is 0 Å². The van der Waals surface area contributed by atoms with Crippen molar-refractivity contribution < 1.29 is 4.79 Å². The van der Waals surface area contributed by atoms with Crippen molar-refractivity contribution in [3.05, 3.63) is 10.6 Å². The molecule has 2 aliphatic carbocycles. The van der Waals surface area contributed by atoms with Gasteiger partial charge in [0.2, 0.25) is 9.70 Å². The predicted molar refractivity (Wildman–Crippen MR) is 103 cm³/mol. The maximum absolute atomic E-state index is 12.7. The van der Waals surface area contributed by atoms with Crippen molar-refractivity contribution in [3.63, 3.8) is 0 Å². The number of carbonyl (C=O) groups is 1. The molecule has 138 valence electrons. The van der Waals surface area contributed by atoms with Crippen molar-refractivity contribution in [2.24, 2.45) is 17.3 Å². The summed E-state index contributed by atoms with van der Waals surface area (Å²) in [6.45, 7) is 3.99. The Morgan fingerprint density at radius 2 is 1.75 bits per heavy atom. The maximum atomic E-state index is 12.7. The number of allylic oxidation sites excluding steroid dienone is 1. The molecule has 2 rings (SSSR count). The van der Waals surface area contributed by atoms with Crippen LogP contribution >= 0.6 is 58.0 Å². The summed E-state index contributed by atoms with van der Waals surface area (Å²) in [5, 5.41) is 6.16. The lowest BCUT2D eigenvalue weighted by molar-refractivity contribution is -0.124. The van der Waals surface area contributed by atoms with Crippen LogP contribution in [0.2, 0.25) is 0 Å². The second-order valence-corrected chi connectivity index (χ2v) is 10.6. The van der Waals surface area contributed by atoms with Gasteiger partial charge in [-0.25, -0.2) is 0 Å². The predicted octanol–water partition coefficient (Wildman–Crippen LogP) is 5.31. The third-order valence-corrected chi connectivity index (χ3v) is 6.03. The minimum atomic E-state index is -1.62. The fourth-order valence-corrected chi connectivity index (χ4v) is 4.20. The summed E-state index contributed by atoms with van der Waals surface area (Å²) in [5.41, 5.74) is -0.220. The molecule has 0 aromatic carbocycles. The van der Waals surface area contributed by atoms with E-state index in [1.54, 1.807) is 6.08 Å². The van der Waals surface area contributed by atoms with Gasteiger partial charge < -0.3 is 5.32 Å². The molecule has 0 aliphatic heterocycles. The van der Waals surface area contributed by atoms with E-state index in [9.17, 15) is 4.79 Å². The highest BCUT2D eigenvalue weighted by Gasteiger charge is 2.61. The van der Waals surface area contributed by atoms with E-state index in [1.165, 1.54) is 6.42 Å². The fourth-order valence-electron chi connectivity index (χ4n) is 3.58. The third-order valence-electron chi connectivity index (χ3n) is 5.12. The lowest BCUT2D eigenvalue weighted by Crippen LogP contribution is -2.57. The highest BCUT2D eigenvalue weighted by Crippen LogP contribution is 2.59. The number of hydrogen-bond acceptors (Lipinski definition) is 2. The molecule has 3 nitrogen and oxygen atoms in total. The summed E-state index contributed by atoms with van der Waals surface area (Å²) in [6, 6.07) is 0.250. The van der Waals surface area contributed by atoms with Crippen LogP contribution < -0.4 is 10.6 Å². The number of hydrogen-bond donors (Lipinski definition) is 2. The van der Waals surface area contributed by atoms with E-state index in [2.05, 4.69) is 10.6 Å². The molecule has 2 aliphatic rings. The standard InChI is InChI=1S/C16H23Cl5N2O/c1-15(2)10(8-11(17)18)12(15)13(24)23-14(16(19,20)21)22-9-6-4-3-5-7-9/h8-10,12,14,22H,3-7H2,1-2H3,(H,23,24)/t10-,12+,14-/m0/s1. The summed E-state index contributed by atoms with van der Waals surface area (Å²) < 4.78 is -1.46. The van der Waals surface area contributed by atoms with Crippen LogP contribution in [-0.2, 0) is 4.79 Å². The van der Waals surface area contributed by atoms with Crippen molar-refractivity contribution in [3.8, 4) is 0 Å².